The van der Waals surface area contributed by atoms with Gasteiger partial charge in [-0.3, -0.25) is 9.89 Å². The van der Waals surface area contributed by atoms with Crippen LogP contribution in [0.15, 0.2) is 18.2 Å². The topological polar surface area (TPSA) is 66.0 Å². The van der Waals surface area contributed by atoms with Gasteiger partial charge in [0.05, 0.1) is 17.6 Å². The number of carbonyl (C=O) groups is 1. The van der Waals surface area contributed by atoms with E-state index in [9.17, 15) is 4.79 Å². The van der Waals surface area contributed by atoms with Crippen LogP contribution in [0.3, 0.4) is 0 Å². The maximum atomic E-state index is 10.6. The second-order valence-corrected chi connectivity index (χ2v) is 3.24. The number of fused-ring (bicyclic) bond motifs is 1. The number of hydrogen-bond donors (Lipinski definition) is 2. The lowest BCUT2D eigenvalue weighted by molar-refractivity contribution is -0.136. The molecule has 0 radical (unpaired) electrons. The SMILES string of the molecule is Cc1cccc2n[nH]c(CC(=O)O)c12. The van der Waals surface area contributed by atoms with E-state index in [1.54, 1.807) is 0 Å². The standard InChI is InChI=1S/C10H10N2O2/c1-6-3-2-4-7-10(6)8(12-11-7)5-9(13)14/h2-4H,5H2,1H3,(H,11,12)(H,13,14). The molecule has 2 rings (SSSR count). The number of rotatable bonds is 2. The van der Waals surface area contributed by atoms with E-state index < -0.39 is 5.97 Å². The van der Waals surface area contributed by atoms with Gasteiger partial charge in [0.1, 0.15) is 0 Å². The largest absolute Gasteiger partial charge is 0.481 e. The summed E-state index contributed by atoms with van der Waals surface area (Å²) in [4.78, 5) is 10.6. The van der Waals surface area contributed by atoms with Gasteiger partial charge >= 0.3 is 5.97 Å². The van der Waals surface area contributed by atoms with Crippen LogP contribution >= 0.6 is 0 Å². The number of nitrogens with one attached hydrogen (secondary N) is 1. The maximum Gasteiger partial charge on any atom is 0.309 e. The Morgan fingerprint density at radius 2 is 2.36 bits per heavy atom. The lowest BCUT2D eigenvalue weighted by Gasteiger charge is -1.97. The van der Waals surface area contributed by atoms with Gasteiger partial charge in [0.15, 0.2) is 0 Å². The van der Waals surface area contributed by atoms with Crippen molar-refractivity contribution in [1.82, 2.24) is 10.2 Å². The Kier molecular flexibility index (Phi) is 1.96. The van der Waals surface area contributed by atoms with Crippen molar-refractivity contribution >= 4 is 16.9 Å². The van der Waals surface area contributed by atoms with Crippen molar-refractivity contribution in [1.29, 1.82) is 0 Å². The monoisotopic (exact) mass is 190 g/mol. The fraction of sp³-hybridized carbons (Fsp3) is 0.200. The molecule has 0 spiro atoms. The highest BCUT2D eigenvalue weighted by Gasteiger charge is 2.10. The number of aryl methyl sites for hydroxylation is 1. The Hall–Kier alpha value is -1.84. The zero-order valence-electron chi connectivity index (χ0n) is 7.74. The van der Waals surface area contributed by atoms with E-state index in [4.69, 9.17) is 5.11 Å². The van der Waals surface area contributed by atoms with E-state index in [0.29, 0.717) is 5.69 Å². The van der Waals surface area contributed by atoms with Crippen molar-refractivity contribution in [2.45, 2.75) is 13.3 Å². The molecule has 0 aliphatic heterocycles. The molecule has 0 fully saturated rings. The number of carboxylic acids is 1. The summed E-state index contributed by atoms with van der Waals surface area (Å²) in [6.07, 6.45) is -0.0125. The molecule has 14 heavy (non-hydrogen) atoms. The number of carboxylic acid groups (broad SMARTS) is 1. The van der Waals surface area contributed by atoms with Crippen LogP contribution in [0, 0.1) is 6.92 Å². The van der Waals surface area contributed by atoms with Gasteiger partial charge in [0.25, 0.3) is 0 Å². The van der Waals surface area contributed by atoms with E-state index in [2.05, 4.69) is 10.2 Å². The first kappa shape index (κ1) is 8.74. The molecular weight excluding hydrogens is 180 g/mol. The van der Waals surface area contributed by atoms with E-state index in [1.807, 2.05) is 25.1 Å². The van der Waals surface area contributed by atoms with E-state index >= 15 is 0 Å². The van der Waals surface area contributed by atoms with Crippen LogP contribution in [-0.4, -0.2) is 21.3 Å². The second kappa shape index (κ2) is 3.14. The third-order valence-electron chi connectivity index (χ3n) is 2.19. The van der Waals surface area contributed by atoms with Crippen molar-refractivity contribution in [2.24, 2.45) is 0 Å². The fourth-order valence-electron chi connectivity index (χ4n) is 1.60. The van der Waals surface area contributed by atoms with E-state index in [0.717, 1.165) is 16.5 Å². The van der Waals surface area contributed by atoms with Crippen molar-refractivity contribution < 1.29 is 9.90 Å². The van der Waals surface area contributed by atoms with Crippen LogP contribution < -0.4 is 0 Å². The minimum Gasteiger partial charge on any atom is -0.481 e. The number of hydrogen-bond acceptors (Lipinski definition) is 2. The molecule has 1 heterocycles. The van der Waals surface area contributed by atoms with Crippen molar-refractivity contribution in [3.05, 3.63) is 29.5 Å². The number of benzene rings is 1. The highest BCUT2D eigenvalue weighted by atomic mass is 16.4. The van der Waals surface area contributed by atoms with E-state index in [1.165, 1.54) is 0 Å². The Morgan fingerprint density at radius 3 is 3.07 bits per heavy atom. The molecule has 0 amide bonds. The molecule has 4 heteroatoms. The summed E-state index contributed by atoms with van der Waals surface area (Å²) < 4.78 is 0. The summed E-state index contributed by atoms with van der Waals surface area (Å²) in [6.45, 7) is 1.95. The van der Waals surface area contributed by atoms with Gasteiger partial charge in [0, 0.05) is 5.39 Å². The zero-order chi connectivity index (χ0) is 10.1. The summed E-state index contributed by atoms with van der Waals surface area (Å²) in [5, 5.41) is 16.4. The van der Waals surface area contributed by atoms with Crippen LogP contribution in [0.25, 0.3) is 10.9 Å². The lowest BCUT2D eigenvalue weighted by Crippen LogP contribution is -2.00. The molecule has 0 saturated carbocycles. The molecule has 2 N–H and O–H groups in total. The number of aliphatic carboxylic acids is 1. The first-order valence-electron chi connectivity index (χ1n) is 4.33. The summed E-state index contributed by atoms with van der Waals surface area (Å²) >= 11 is 0. The molecule has 4 nitrogen and oxygen atoms in total. The second-order valence-electron chi connectivity index (χ2n) is 3.24. The minimum absolute atomic E-state index is 0.0125. The van der Waals surface area contributed by atoms with Gasteiger partial charge in [-0.1, -0.05) is 12.1 Å². The average Bonchev–Trinajstić information content (AvgIpc) is 2.49. The molecule has 0 saturated heterocycles. The Labute approximate surface area is 80.6 Å². The van der Waals surface area contributed by atoms with Gasteiger partial charge in [-0.15, -0.1) is 0 Å². The predicted octanol–water partition coefficient (Wildman–Crippen LogP) is 1.50. The molecule has 0 unspecified atom stereocenters. The first-order chi connectivity index (χ1) is 6.68. The molecule has 0 atom stereocenters. The zero-order valence-corrected chi connectivity index (χ0v) is 7.74. The number of aromatic nitrogens is 2. The summed E-state index contributed by atoms with van der Waals surface area (Å²) in [5.74, 6) is -0.848. The Bertz CT molecular complexity index is 488. The minimum atomic E-state index is -0.848. The summed E-state index contributed by atoms with van der Waals surface area (Å²) in [7, 11) is 0. The first-order valence-corrected chi connectivity index (χ1v) is 4.33. The van der Waals surface area contributed by atoms with Gasteiger partial charge in [-0.05, 0) is 18.6 Å². The highest BCUT2D eigenvalue weighted by molar-refractivity contribution is 5.87. The van der Waals surface area contributed by atoms with Gasteiger partial charge in [0.2, 0.25) is 0 Å². The van der Waals surface area contributed by atoms with Gasteiger partial charge in [-0.25, -0.2) is 0 Å². The Balaban J connectivity index is 2.61. The predicted molar refractivity (Wildman–Crippen MR) is 52.2 cm³/mol. The molecule has 1 aromatic carbocycles. The third kappa shape index (κ3) is 1.35. The number of nitrogens with zero attached hydrogens (tertiary/aromatic N) is 1. The van der Waals surface area contributed by atoms with Crippen LogP contribution in [0.2, 0.25) is 0 Å². The molecular formula is C10H10N2O2. The summed E-state index contributed by atoms with van der Waals surface area (Å²) in [6, 6.07) is 5.72. The van der Waals surface area contributed by atoms with Crippen LogP contribution in [0.4, 0.5) is 0 Å². The maximum absolute atomic E-state index is 10.6. The fourth-order valence-corrected chi connectivity index (χ4v) is 1.60. The lowest BCUT2D eigenvalue weighted by atomic mass is 10.1. The van der Waals surface area contributed by atoms with Crippen LogP contribution in [0.5, 0.6) is 0 Å². The summed E-state index contributed by atoms with van der Waals surface area (Å²) in [5.41, 5.74) is 2.54. The molecule has 0 bridgehead atoms. The van der Waals surface area contributed by atoms with Gasteiger partial charge in [-0.2, -0.15) is 5.10 Å². The molecule has 0 aliphatic rings. The van der Waals surface area contributed by atoms with E-state index in [-0.39, 0.29) is 6.42 Å². The number of aromatic amines is 1. The molecule has 0 aliphatic carbocycles. The highest BCUT2D eigenvalue weighted by Crippen LogP contribution is 2.20. The Morgan fingerprint density at radius 1 is 1.57 bits per heavy atom. The van der Waals surface area contributed by atoms with Crippen molar-refractivity contribution in [3.63, 3.8) is 0 Å². The average molecular weight is 190 g/mol. The normalized spacial score (nSPS) is 10.6. The van der Waals surface area contributed by atoms with Crippen molar-refractivity contribution in [2.75, 3.05) is 0 Å². The third-order valence-corrected chi connectivity index (χ3v) is 2.19. The van der Waals surface area contributed by atoms with Crippen molar-refractivity contribution in [3.8, 4) is 0 Å². The smallest absolute Gasteiger partial charge is 0.309 e. The van der Waals surface area contributed by atoms with Crippen LogP contribution in [0.1, 0.15) is 11.3 Å². The van der Waals surface area contributed by atoms with Gasteiger partial charge < -0.3 is 5.11 Å². The quantitative estimate of drug-likeness (QED) is 0.754. The van der Waals surface area contributed by atoms with Crippen LogP contribution in [-0.2, 0) is 11.2 Å². The molecule has 2 aromatic rings. The molecule has 1 aromatic heterocycles. The number of H-pyrrole nitrogens is 1. The molecule has 72 valence electrons.